The highest BCUT2D eigenvalue weighted by atomic mass is 32.2. The van der Waals surface area contributed by atoms with Crippen molar-refractivity contribution in [1.82, 2.24) is 4.90 Å². The molecule has 2 fully saturated rings. The van der Waals surface area contributed by atoms with Crippen molar-refractivity contribution in [3.63, 3.8) is 0 Å². The SMILES string of the molecule is COc1ccc(NC(=O)CC2SC(=Nc3c(C)cccc3C)N(CC3CCCO3)C2=O)cc1OC. The second-order valence-electron chi connectivity index (χ2n) is 8.65. The van der Waals surface area contributed by atoms with Crippen molar-refractivity contribution in [1.29, 1.82) is 0 Å². The maximum absolute atomic E-state index is 13.4. The summed E-state index contributed by atoms with van der Waals surface area (Å²) in [6.07, 6.45) is 1.92. The van der Waals surface area contributed by atoms with E-state index in [1.54, 1.807) is 30.2 Å². The van der Waals surface area contributed by atoms with E-state index in [0.717, 1.165) is 29.7 Å². The van der Waals surface area contributed by atoms with Crippen molar-refractivity contribution in [3.05, 3.63) is 47.5 Å². The Hall–Kier alpha value is -3.04. The number of aliphatic imine (C=N–C) groups is 1. The molecular formula is C26H31N3O5S. The molecule has 1 N–H and O–H groups in total. The van der Waals surface area contributed by atoms with Gasteiger partial charge in [0, 0.05) is 24.8 Å². The number of benzene rings is 2. The molecule has 8 nitrogen and oxygen atoms in total. The molecule has 2 atom stereocenters. The van der Waals surface area contributed by atoms with E-state index in [2.05, 4.69) is 5.32 Å². The number of methoxy groups -OCH3 is 2. The molecule has 2 heterocycles. The molecule has 4 rings (SSSR count). The molecule has 0 bridgehead atoms. The molecule has 9 heteroatoms. The van der Waals surface area contributed by atoms with E-state index < -0.39 is 5.25 Å². The zero-order valence-electron chi connectivity index (χ0n) is 20.5. The zero-order chi connectivity index (χ0) is 24.9. The van der Waals surface area contributed by atoms with Crippen molar-refractivity contribution in [2.75, 3.05) is 32.7 Å². The number of ether oxygens (including phenoxy) is 3. The number of para-hydroxylation sites is 1. The lowest BCUT2D eigenvalue weighted by molar-refractivity contribution is -0.129. The van der Waals surface area contributed by atoms with Crippen LogP contribution in [0.3, 0.4) is 0 Å². The van der Waals surface area contributed by atoms with Crippen LogP contribution < -0.4 is 14.8 Å². The molecule has 35 heavy (non-hydrogen) atoms. The number of aryl methyl sites for hydroxylation is 2. The summed E-state index contributed by atoms with van der Waals surface area (Å²) >= 11 is 1.34. The lowest BCUT2D eigenvalue weighted by Gasteiger charge is -2.20. The van der Waals surface area contributed by atoms with Gasteiger partial charge in [-0.15, -0.1) is 0 Å². The van der Waals surface area contributed by atoms with Crippen molar-refractivity contribution in [3.8, 4) is 11.5 Å². The largest absolute Gasteiger partial charge is 0.493 e. The number of carbonyl (C=O) groups is 2. The van der Waals surface area contributed by atoms with Crippen molar-refractivity contribution in [2.45, 2.75) is 44.5 Å². The molecule has 2 amide bonds. The third-order valence-corrected chi connectivity index (χ3v) is 7.29. The van der Waals surface area contributed by atoms with E-state index in [9.17, 15) is 9.59 Å². The summed E-state index contributed by atoms with van der Waals surface area (Å²) in [6.45, 7) is 5.17. The van der Waals surface area contributed by atoms with Crippen molar-refractivity contribution in [2.24, 2.45) is 4.99 Å². The maximum atomic E-state index is 13.4. The first-order valence-electron chi connectivity index (χ1n) is 11.7. The summed E-state index contributed by atoms with van der Waals surface area (Å²) in [5, 5.41) is 2.92. The Bertz CT molecular complexity index is 1110. The van der Waals surface area contributed by atoms with Gasteiger partial charge in [0.2, 0.25) is 11.8 Å². The van der Waals surface area contributed by atoms with E-state index in [1.165, 1.54) is 18.9 Å². The van der Waals surface area contributed by atoms with Crippen LogP contribution in [0.15, 0.2) is 41.4 Å². The highest BCUT2D eigenvalue weighted by Crippen LogP contribution is 2.35. The fraction of sp³-hybridized carbons (Fsp3) is 0.423. The minimum absolute atomic E-state index is 0.0120. The molecule has 0 spiro atoms. The fourth-order valence-corrected chi connectivity index (χ4v) is 5.41. The number of rotatable bonds is 8. The number of hydrogen-bond donors (Lipinski definition) is 1. The smallest absolute Gasteiger partial charge is 0.242 e. The van der Waals surface area contributed by atoms with Crippen LogP contribution >= 0.6 is 11.8 Å². The van der Waals surface area contributed by atoms with Crippen LogP contribution in [0.4, 0.5) is 11.4 Å². The number of anilines is 1. The molecule has 186 valence electrons. The molecule has 2 aliphatic heterocycles. The van der Waals surface area contributed by atoms with Crippen LogP contribution in [0, 0.1) is 13.8 Å². The van der Waals surface area contributed by atoms with Gasteiger partial charge in [-0.05, 0) is 49.9 Å². The van der Waals surface area contributed by atoms with E-state index in [4.69, 9.17) is 19.2 Å². The van der Waals surface area contributed by atoms with Crippen LogP contribution in [0.5, 0.6) is 11.5 Å². The van der Waals surface area contributed by atoms with Gasteiger partial charge in [0.1, 0.15) is 5.25 Å². The minimum atomic E-state index is -0.556. The molecule has 0 aliphatic carbocycles. The van der Waals surface area contributed by atoms with Gasteiger partial charge in [0.05, 0.1) is 32.6 Å². The number of amidine groups is 1. The van der Waals surface area contributed by atoms with E-state index in [-0.39, 0.29) is 24.3 Å². The summed E-state index contributed by atoms with van der Waals surface area (Å²) in [4.78, 5) is 32.8. The summed E-state index contributed by atoms with van der Waals surface area (Å²) in [7, 11) is 3.09. The average Bonchev–Trinajstić information content (AvgIpc) is 3.45. The summed E-state index contributed by atoms with van der Waals surface area (Å²) < 4.78 is 16.3. The Morgan fingerprint density at radius 1 is 1.17 bits per heavy atom. The number of carbonyl (C=O) groups excluding carboxylic acids is 2. The Labute approximate surface area is 210 Å². The zero-order valence-corrected chi connectivity index (χ0v) is 21.3. The Balaban J connectivity index is 1.52. The third kappa shape index (κ3) is 5.79. The summed E-state index contributed by atoms with van der Waals surface area (Å²) in [5.41, 5.74) is 3.51. The van der Waals surface area contributed by atoms with Crippen LogP contribution in [0.25, 0.3) is 0 Å². The summed E-state index contributed by atoms with van der Waals surface area (Å²) in [5.74, 6) is 0.720. The standard InChI is InChI=1S/C26H31N3O5S/c1-16-7-5-8-17(2)24(16)28-26-29(15-19-9-6-12-34-19)25(31)22(35-26)14-23(30)27-18-10-11-20(32-3)21(13-18)33-4/h5,7-8,10-11,13,19,22H,6,9,12,14-15H2,1-4H3,(H,27,30). The normalized spacial score (nSPS) is 21.0. The second kappa shape index (κ2) is 11.1. The van der Waals surface area contributed by atoms with Gasteiger partial charge in [0.15, 0.2) is 16.7 Å². The predicted molar refractivity (Wildman–Crippen MR) is 138 cm³/mol. The molecule has 2 saturated heterocycles. The van der Waals surface area contributed by atoms with Gasteiger partial charge < -0.3 is 19.5 Å². The predicted octanol–water partition coefficient (Wildman–Crippen LogP) is 4.46. The fourth-order valence-electron chi connectivity index (χ4n) is 4.26. The Kier molecular flexibility index (Phi) is 7.97. The van der Waals surface area contributed by atoms with Gasteiger partial charge in [-0.3, -0.25) is 14.5 Å². The van der Waals surface area contributed by atoms with E-state index in [0.29, 0.717) is 35.5 Å². The van der Waals surface area contributed by atoms with Gasteiger partial charge in [0.25, 0.3) is 0 Å². The second-order valence-corrected chi connectivity index (χ2v) is 9.82. The molecule has 2 aliphatic rings. The van der Waals surface area contributed by atoms with Crippen LogP contribution in [-0.4, -0.2) is 60.6 Å². The van der Waals surface area contributed by atoms with E-state index >= 15 is 0 Å². The van der Waals surface area contributed by atoms with Crippen molar-refractivity contribution < 1.29 is 23.8 Å². The highest BCUT2D eigenvalue weighted by molar-refractivity contribution is 8.15. The molecule has 0 radical (unpaired) electrons. The number of hydrogen-bond acceptors (Lipinski definition) is 7. The number of nitrogens with one attached hydrogen (secondary N) is 1. The first kappa shape index (κ1) is 25.1. The van der Waals surface area contributed by atoms with Gasteiger partial charge in [-0.1, -0.05) is 30.0 Å². The van der Waals surface area contributed by atoms with Crippen molar-refractivity contribution >= 4 is 40.1 Å². The average molecular weight is 498 g/mol. The van der Waals surface area contributed by atoms with Gasteiger partial charge in [-0.25, -0.2) is 4.99 Å². The van der Waals surface area contributed by atoms with Gasteiger partial charge in [-0.2, -0.15) is 0 Å². The Morgan fingerprint density at radius 3 is 2.57 bits per heavy atom. The number of amides is 2. The molecule has 2 aromatic carbocycles. The monoisotopic (exact) mass is 497 g/mol. The first-order chi connectivity index (χ1) is 16.9. The topological polar surface area (TPSA) is 89.5 Å². The van der Waals surface area contributed by atoms with Gasteiger partial charge >= 0.3 is 0 Å². The quantitative estimate of drug-likeness (QED) is 0.579. The Morgan fingerprint density at radius 2 is 1.91 bits per heavy atom. The first-order valence-corrected chi connectivity index (χ1v) is 12.5. The molecule has 0 aromatic heterocycles. The lowest BCUT2D eigenvalue weighted by Crippen LogP contribution is -2.38. The van der Waals surface area contributed by atoms with Crippen LogP contribution in [-0.2, 0) is 14.3 Å². The molecule has 2 unspecified atom stereocenters. The van der Waals surface area contributed by atoms with E-state index in [1.807, 2.05) is 32.0 Å². The molecular weight excluding hydrogens is 466 g/mol. The van der Waals surface area contributed by atoms with Crippen LogP contribution in [0.1, 0.15) is 30.4 Å². The lowest BCUT2D eigenvalue weighted by atomic mass is 10.1. The molecule has 2 aromatic rings. The molecule has 0 saturated carbocycles. The number of nitrogens with zero attached hydrogens (tertiary/aromatic N) is 2. The highest BCUT2D eigenvalue weighted by Gasteiger charge is 2.40. The third-order valence-electron chi connectivity index (χ3n) is 6.12. The maximum Gasteiger partial charge on any atom is 0.242 e. The number of thioether (sulfide) groups is 1. The summed E-state index contributed by atoms with van der Waals surface area (Å²) in [6, 6.07) is 11.2. The van der Waals surface area contributed by atoms with Crippen LogP contribution in [0.2, 0.25) is 0 Å². The minimum Gasteiger partial charge on any atom is -0.493 e.